The Balaban J connectivity index is 1.90. The van der Waals surface area contributed by atoms with Gasteiger partial charge >= 0.3 is 0 Å². The van der Waals surface area contributed by atoms with Crippen LogP contribution in [0.4, 0.5) is 4.39 Å². The van der Waals surface area contributed by atoms with Gasteiger partial charge in [0.2, 0.25) is 0 Å². The van der Waals surface area contributed by atoms with Crippen LogP contribution in [0.1, 0.15) is 30.4 Å². The zero-order valence-corrected chi connectivity index (χ0v) is 10.8. The van der Waals surface area contributed by atoms with Crippen LogP contribution >= 0.6 is 0 Å². The van der Waals surface area contributed by atoms with E-state index in [1.165, 1.54) is 12.1 Å². The van der Waals surface area contributed by atoms with E-state index in [9.17, 15) is 9.18 Å². The number of nitrogens with one attached hydrogen (secondary N) is 1. The van der Waals surface area contributed by atoms with Gasteiger partial charge in [-0.25, -0.2) is 4.39 Å². The van der Waals surface area contributed by atoms with Crippen LogP contribution in [0.5, 0.6) is 0 Å². The molecule has 1 aromatic carbocycles. The lowest BCUT2D eigenvalue weighted by Crippen LogP contribution is -2.29. The van der Waals surface area contributed by atoms with Crippen molar-refractivity contribution in [3.63, 3.8) is 0 Å². The van der Waals surface area contributed by atoms with Gasteiger partial charge < -0.3 is 5.32 Å². The molecule has 2 nitrogen and oxygen atoms in total. The second-order valence-corrected chi connectivity index (χ2v) is 5.18. The first-order valence-electron chi connectivity index (χ1n) is 6.62. The highest BCUT2D eigenvalue weighted by Crippen LogP contribution is 2.18. The molecule has 0 radical (unpaired) electrons. The van der Waals surface area contributed by atoms with Gasteiger partial charge in [0, 0.05) is 12.8 Å². The summed E-state index contributed by atoms with van der Waals surface area (Å²) in [6.07, 6.45) is 3.29. The summed E-state index contributed by atoms with van der Waals surface area (Å²) >= 11 is 0. The van der Waals surface area contributed by atoms with Crippen LogP contribution in [0.25, 0.3) is 0 Å². The molecule has 0 atom stereocenters. The molecule has 1 aromatic rings. The minimum atomic E-state index is -0.234. The van der Waals surface area contributed by atoms with E-state index in [-0.39, 0.29) is 11.6 Å². The van der Waals surface area contributed by atoms with Crippen LogP contribution in [0, 0.1) is 18.7 Å². The van der Waals surface area contributed by atoms with E-state index in [0.717, 1.165) is 37.1 Å². The third-order valence-electron chi connectivity index (χ3n) is 3.67. The van der Waals surface area contributed by atoms with Gasteiger partial charge in [0.1, 0.15) is 11.6 Å². The molecule has 0 aliphatic carbocycles. The number of ketones is 1. The molecule has 1 N–H and O–H groups in total. The summed E-state index contributed by atoms with van der Waals surface area (Å²) in [6.45, 7) is 3.90. The summed E-state index contributed by atoms with van der Waals surface area (Å²) in [5, 5.41) is 3.30. The average Bonchev–Trinajstić information content (AvgIpc) is 2.34. The smallest absolute Gasteiger partial charge is 0.137 e. The van der Waals surface area contributed by atoms with Crippen LogP contribution < -0.4 is 5.32 Å². The molecule has 0 saturated carbocycles. The SMILES string of the molecule is Cc1cc(F)ccc1CC(=O)CC1CCNCC1. The molecular weight excluding hydrogens is 229 g/mol. The largest absolute Gasteiger partial charge is 0.317 e. The Bertz CT molecular complexity index is 425. The fourth-order valence-corrected chi connectivity index (χ4v) is 2.55. The summed E-state index contributed by atoms with van der Waals surface area (Å²) < 4.78 is 13.0. The van der Waals surface area contributed by atoms with Crippen molar-refractivity contribution in [2.24, 2.45) is 5.92 Å². The maximum absolute atomic E-state index is 13.0. The van der Waals surface area contributed by atoms with Crippen LogP contribution in [-0.4, -0.2) is 18.9 Å². The summed E-state index contributed by atoms with van der Waals surface area (Å²) in [6, 6.07) is 4.65. The molecule has 1 aliphatic heterocycles. The number of rotatable bonds is 4. The zero-order valence-electron chi connectivity index (χ0n) is 10.8. The topological polar surface area (TPSA) is 29.1 Å². The Morgan fingerprint density at radius 2 is 2.11 bits per heavy atom. The van der Waals surface area contributed by atoms with Gasteiger partial charge in [-0.1, -0.05) is 6.07 Å². The Morgan fingerprint density at radius 3 is 2.78 bits per heavy atom. The predicted molar refractivity (Wildman–Crippen MR) is 70.1 cm³/mol. The molecule has 1 saturated heterocycles. The van der Waals surface area contributed by atoms with E-state index in [1.54, 1.807) is 6.07 Å². The molecule has 1 fully saturated rings. The lowest BCUT2D eigenvalue weighted by atomic mass is 9.90. The van der Waals surface area contributed by atoms with Gasteiger partial charge in [0.15, 0.2) is 0 Å². The second-order valence-electron chi connectivity index (χ2n) is 5.18. The van der Waals surface area contributed by atoms with Crippen LogP contribution in [-0.2, 0) is 11.2 Å². The van der Waals surface area contributed by atoms with Crippen molar-refractivity contribution in [3.8, 4) is 0 Å². The molecule has 3 heteroatoms. The predicted octanol–water partition coefficient (Wildman–Crippen LogP) is 2.64. The van der Waals surface area contributed by atoms with Crippen molar-refractivity contribution < 1.29 is 9.18 Å². The monoisotopic (exact) mass is 249 g/mol. The molecule has 0 spiro atoms. The quantitative estimate of drug-likeness (QED) is 0.888. The van der Waals surface area contributed by atoms with Crippen LogP contribution in [0.2, 0.25) is 0 Å². The Hall–Kier alpha value is -1.22. The first-order chi connectivity index (χ1) is 8.65. The van der Waals surface area contributed by atoms with Crippen molar-refractivity contribution in [1.82, 2.24) is 5.32 Å². The number of hydrogen-bond acceptors (Lipinski definition) is 2. The Labute approximate surface area is 108 Å². The zero-order chi connectivity index (χ0) is 13.0. The number of carbonyl (C=O) groups is 1. The molecule has 98 valence electrons. The number of piperidine rings is 1. The van der Waals surface area contributed by atoms with Crippen molar-refractivity contribution >= 4 is 5.78 Å². The number of halogens is 1. The number of Topliss-reactive ketones (excluding diaryl/α,β-unsaturated/α-hetero) is 1. The third kappa shape index (κ3) is 3.64. The third-order valence-corrected chi connectivity index (χ3v) is 3.67. The van der Waals surface area contributed by atoms with Crippen molar-refractivity contribution in [2.75, 3.05) is 13.1 Å². The minimum absolute atomic E-state index is 0.234. The standard InChI is InChI=1S/C15H20FNO/c1-11-8-14(16)3-2-13(11)10-15(18)9-12-4-6-17-7-5-12/h2-3,8,12,17H,4-7,9-10H2,1H3. The maximum atomic E-state index is 13.0. The van der Waals surface area contributed by atoms with E-state index >= 15 is 0 Å². The highest BCUT2D eigenvalue weighted by Gasteiger charge is 2.17. The number of carbonyl (C=O) groups excluding carboxylic acids is 1. The summed E-state index contributed by atoms with van der Waals surface area (Å²) in [7, 11) is 0. The normalized spacial score (nSPS) is 16.8. The van der Waals surface area contributed by atoms with E-state index in [1.807, 2.05) is 6.92 Å². The van der Waals surface area contributed by atoms with Gasteiger partial charge in [-0.2, -0.15) is 0 Å². The van der Waals surface area contributed by atoms with Crippen molar-refractivity contribution in [3.05, 3.63) is 35.1 Å². The molecule has 0 bridgehead atoms. The van der Waals surface area contributed by atoms with Gasteiger partial charge in [-0.15, -0.1) is 0 Å². The molecule has 2 rings (SSSR count). The number of benzene rings is 1. The van der Waals surface area contributed by atoms with E-state index < -0.39 is 0 Å². The summed E-state index contributed by atoms with van der Waals surface area (Å²) in [4.78, 5) is 12.0. The fourth-order valence-electron chi connectivity index (χ4n) is 2.55. The van der Waals surface area contributed by atoms with E-state index in [0.29, 0.717) is 18.8 Å². The number of hydrogen-bond donors (Lipinski definition) is 1. The molecule has 0 amide bonds. The molecular formula is C15H20FNO. The average molecular weight is 249 g/mol. The Kier molecular flexibility index (Phi) is 4.48. The highest BCUT2D eigenvalue weighted by atomic mass is 19.1. The van der Waals surface area contributed by atoms with Gasteiger partial charge in [0.25, 0.3) is 0 Å². The summed E-state index contributed by atoms with van der Waals surface area (Å²) in [5.74, 6) is 0.568. The second kappa shape index (κ2) is 6.10. The lowest BCUT2D eigenvalue weighted by molar-refractivity contribution is -0.119. The van der Waals surface area contributed by atoms with Crippen LogP contribution in [0.15, 0.2) is 18.2 Å². The molecule has 18 heavy (non-hydrogen) atoms. The Morgan fingerprint density at radius 1 is 1.39 bits per heavy atom. The van der Waals surface area contributed by atoms with Crippen molar-refractivity contribution in [2.45, 2.75) is 32.6 Å². The van der Waals surface area contributed by atoms with Crippen LogP contribution in [0.3, 0.4) is 0 Å². The maximum Gasteiger partial charge on any atom is 0.137 e. The van der Waals surface area contributed by atoms with Crippen molar-refractivity contribution in [1.29, 1.82) is 0 Å². The van der Waals surface area contributed by atoms with E-state index in [2.05, 4.69) is 5.32 Å². The lowest BCUT2D eigenvalue weighted by Gasteiger charge is -2.21. The molecule has 1 heterocycles. The number of aryl methyl sites for hydroxylation is 1. The summed E-state index contributed by atoms with van der Waals surface area (Å²) in [5.41, 5.74) is 1.82. The minimum Gasteiger partial charge on any atom is -0.317 e. The fraction of sp³-hybridized carbons (Fsp3) is 0.533. The van der Waals surface area contributed by atoms with Gasteiger partial charge in [-0.05, 0) is 62.0 Å². The van der Waals surface area contributed by atoms with Gasteiger partial charge in [0.05, 0.1) is 0 Å². The van der Waals surface area contributed by atoms with E-state index in [4.69, 9.17) is 0 Å². The molecule has 0 unspecified atom stereocenters. The highest BCUT2D eigenvalue weighted by molar-refractivity contribution is 5.81. The molecule has 0 aromatic heterocycles. The first kappa shape index (κ1) is 13.2. The first-order valence-corrected chi connectivity index (χ1v) is 6.62. The van der Waals surface area contributed by atoms with Gasteiger partial charge in [-0.3, -0.25) is 4.79 Å². The molecule has 1 aliphatic rings.